The Bertz CT molecular complexity index is 790. The van der Waals surface area contributed by atoms with E-state index in [1.54, 1.807) is 25.4 Å². The fourth-order valence-corrected chi connectivity index (χ4v) is 1.91. The molecule has 25 heavy (non-hydrogen) atoms. The largest absolute Gasteiger partial charge is 0.504 e. The Hall–Kier alpha value is -3.42. The minimum Gasteiger partial charge on any atom is -0.504 e. The van der Waals surface area contributed by atoms with Gasteiger partial charge in [-0.1, -0.05) is 6.07 Å². The summed E-state index contributed by atoms with van der Waals surface area (Å²) in [7, 11) is 0. The highest BCUT2D eigenvalue weighted by Crippen LogP contribution is 2.24. The molecule has 130 valence electrons. The first kappa shape index (κ1) is 17.9. The minimum atomic E-state index is -0.564. The van der Waals surface area contributed by atoms with Crippen LogP contribution < -0.4 is 10.7 Å². The third-order valence-electron chi connectivity index (χ3n) is 3.21. The number of phenolic OH excluding ortho intramolecular Hbond substituents is 2. The van der Waals surface area contributed by atoms with Crippen molar-refractivity contribution in [3.63, 3.8) is 0 Å². The smallest absolute Gasteiger partial charge is 0.271 e. The molecule has 1 aromatic carbocycles. The van der Waals surface area contributed by atoms with E-state index in [0.29, 0.717) is 12.3 Å². The average molecular weight is 342 g/mol. The van der Waals surface area contributed by atoms with Crippen molar-refractivity contribution in [3.05, 3.63) is 53.9 Å². The van der Waals surface area contributed by atoms with Gasteiger partial charge in [-0.25, -0.2) is 5.43 Å². The van der Waals surface area contributed by atoms with Crippen LogP contribution in [0.25, 0.3) is 0 Å². The van der Waals surface area contributed by atoms with E-state index in [2.05, 4.69) is 20.8 Å². The van der Waals surface area contributed by atoms with Crippen molar-refractivity contribution in [1.82, 2.24) is 15.7 Å². The molecule has 0 atom stereocenters. The Balaban J connectivity index is 1.83. The third-order valence-corrected chi connectivity index (χ3v) is 3.21. The summed E-state index contributed by atoms with van der Waals surface area (Å²) < 4.78 is 0. The maximum absolute atomic E-state index is 11.9. The number of pyridine rings is 1. The molecular weight excluding hydrogens is 324 g/mol. The molecule has 1 aromatic heterocycles. The first-order valence-corrected chi connectivity index (χ1v) is 7.47. The van der Waals surface area contributed by atoms with Crippen molar-refractivity contribution < 1.29 is 19.8 Å². The first-order valence-electron chi connectivity index (χ1n) is 7.47. The molecule has 0 spiro atoms. The maximum atomic E-state index is 11.9. The number of carbonyl (C=O) groups excluding carboxylic acids is 2. The van der Waals surface area contributed by atoms with Crippen LogP contribution in [0.15, 0.2) is 47.8 Å². The van der Waals surface area contributed by atoms with Gasteiger partial charge in [-0.3, -0.25) is 14.6 Å². The van der Waals surface area contributed by atoms with E-state index in [-0.39, 0.29) is 23.6 Å². The van der Waals surface area contributed by atoms with Crippen LogP contribution in [-0.2, 0) is 11.3 Å². The number of aromatic nitrogens is 1. The van der Waals surface area contributed by atoms with E-state index in [1.807, 2.05) is 6.07 Å². The normalized spacial score (nSPS) is 11.0. The molecular formula is C17H18N4O4. The predicted molar refractivity (Wildman–Crippen MR) is 91.0 cm³/mol. The van der Waals surface area contributed by atoms with Crippen LogP contribution >= 0.6 is 0 Å². The number of hydrogen-bond acceptors (Lipinski definition) is 6. The van der Waals surface area contributed by atoms with Crippen LogP contribution in [-0.4, -0.2) is 32.7 Å². The number of benzene rings is 1. The summed E-state index contributed by atoms with van der Waals surface area (Å²) >= 11 is 0. The topological polar surface area (TPSA) is 124 Å². The lowest BCUT2D eigenvalue weighted by atomic mass is 10.2. The van der Waals surface area contributed by atoms with Crippen LogP contribution in [0.2, 0.25) is 0 Å². The molecule has 0 saturated carbocycles. The second-order valence-electron chi connectivity index (χ2n) is 5.31. The summed E-state index contributed by atoms with van der Waals surface area (Å²) in [5.41, 5.74) is 3.72. The van der Waals surface area contributed by atoms with Gasteiger partial charge in [0.2, 0.25) is 5.91 Å². The van der Waals surface area contributed by atoms with Gasteiger partial charge in [-0.05, 0) is 36.8 Å². The molecule has 0 aliphatic rings. The number of carbonyl (C=O) groups is 2. The van der Waals surface area contributed by atoms with E-state index in [0.717, 1.165) is 11.6 Å². The molecule has 0 bridgehead atoms. The average Bonchev–Trinajstić information content (AvgIpc) is 2.61. The highest BCUT2D eigenvalue weighted by molar-refractivity contribution is 6.01. The van der Waals surface area contributed by atoms with Gasteiger partial charge in [0, 0.05) is 30.2 Å². The van der Waals surface area contributed by atoms with Gasteiger partial charge in [-0.15, -0.1) is 0 Å². The van der Waals surface area contributed by atoms with Crippen molar-refractivity contribution >= 4 is 17.5 Å². The second kappa shape index (κ2) is 8.44. The third kappa shape index (κ3) is 5.61. The van der Waals surface area contributed by atoms with Crippen LogP contribution in [0.5, 0.6) is 11.5 Å². The van der Waals surface area contributed by atoms with Gasteiger partial charge >= 0.3 is 0 Å². The number of hydrazone groups is 1. The van der Waals surface area contributed by atoms with Gasteiger partial charge in [0.15, 0.2) is 11.5 Å². The molecule has 8 heteroatoms. The minimum absolute atomic E-state index is 0.0291. The Morgan fingerprint density at radius 3 is 2.68 bits per heavy atom. The second-order valence-corrected chi connectivity index (χ2v) is 5.31. The standard InChI is InChI=1S/C17H18N4O4/c1-11(7-16(24)19-10-12-3-2-6-18-9-12)20-21-17(25)13-4-5-14(22)15(23)8-13/h2-6,8-9,22-23H,7,10H2,1H3,(H,19,24)(H,21,25)/b20-11+. The van der Waals surface area contributed by atoms with Crippen molar-refractivity contribution in [1.29, 1.82) is 0 Å². The molecule has 0 radical (unpaired) electrons. The van der Waals surface area contributed by atoms with Crippen molar-refractivity contribution in [3.8, 4) is 11.5 Å². The highest BCUT2D eigenvalue weighted by atomic mass is 16.3. The molecule has 2 aromatic rings. The van der Waals surface area contributed by atoms with Crippen molar-refractivity contribution in [2.75, 3.05) is 0 Å². The molecule has 1 heterocycles. The quantitative estimate of drug-likeness (QED) is 0.358. The zero-order valence-corrected chi connectivity index (χ0v) is 13.6. The Morgan fingerprint density at radius 2 is 2.00 bits per heavy atom. The van der Waals surface area contributed by atoms with Gasteiger partial charge < -0.3 is 15.5 Å². The highest BCUT2D eigenvalue weighted by Gasteiger charge is 2.09. The Labute approximate surface area is 144 Å². The molecule has 0 unspecified atom stereocenters. The monoisotopic (exact) mass is 342 g/mol. The van der Waals surface area contributed by atoms with Crippen LogP contribution in [0.1, 0.15) is 29.3 Å². The number of nitrogens with one attached hydrogen (secondary N) is 2. The fraction of sp³-hybridized carbons (Fsp3) is 0.176. The molecule has 4 N–H and O–H groups in total. The summed E-state index contributed by atoms with van der Waals surface area (Å²) in [6, 6.07) is 7.30. The van der Waals surface area contributed by atoms with Gasteiger partial charge in [0.25, 0.3) is 5.91 Å². The molecule has 0 aliphatic heterocycles. The lowest BCUT2D eigenvalue weighted by Gasteiger charge is -2.06. The summed E-state index contributed by atoms with van der Waals surface area (Å²) in [6.07, 6.45) is 3.34. The fourth-order valence-electron chi connectivity index (χ4n) is 1.91. The Morgan fingerprint density at radius 1 is 1.20 bits per heavy atom. The summed E-state index contributed by atoms with van der Waals surface area (Å²) in [5.74, 6) is -1.52. The molecule has 2 amide bonds. The van der Waals surface area contributed by atoms with Gasteiger partial charge in [0.05, 0.1) is 6.42 Å². The number of phenols is 2. The van der Waals surface area contributed by atoms with Crippen LogP contribution in [0.3, 0.4) is 0 Å². The zero-order valence-electron chi connectivity index (χ0n) is 13.6. The summed E-state index contributed by atoms with van der Waals surface area (Å²) in [6.45, 7) is 1.97. The lowest BCUT2D eigenvalue weighted by molar-refractivity contribution is -0.120. The van der Waals surface area contributed by atoms with Crippen LogP contribution in [0.4, 0.5) is 0 Å². The van der Waals surface area contributed by atoms with Gasteiger partial charge in [0.1, 0.15) is 0 Å². The molecule has 0 fully saturated rings. The number of hydrogen-bond donors (Lipinski definition) is 4. The van der Waals surface area contributed by atoms with E-state index in [9.17, 15) is 19.8 Å². The zero-order chi connectivity index (χ0) is 18.2. The Kier molecular flexibility index (Phi) is 6.05. The number of rotatable bonds is 6. The maximum Gasteiger partial charge on any atom is 0.271 e. The van der Waals surface area contributed by atoms with E-state index < -0.39 is 11.7 Å². The predicted octanol–water partition coefficient (Wildman–Crippen LogP) is 1.30. The molecule has 2 rings (SSSR count). The SMILES string of the molecule is C/C(CC(=O)NCc1cccnc1)=N\NC(=O)c1ccc(O)c(O)c1. The van der Waals surface area contributed by atoms with Gasteiger partial charge in [-0.2, -0.15) is 5.10 Å². The van der Waals surface area contributed by atoms with Crippen LogP contribution in [0, 0.1) is 0 Å². The summed E-state index contributed by atoms with van der Waals surface area (Å²) in [4.78, 5) is 27.7. The molecule has 0 aliphatic carbocycles. The molecule has 8 nitrogen and oxygen atoms in total. The van der Waals surface area contributed by atoms with E-state index in [4.69, 9.17) is 0 Å². The summed E-state index contributed by atoms with van der Waals surface area (Å²) in [5, 5.41) is 25.2. The first-order chi connectivity index (χ1) is 12.0. The number of amides is 2. The molecule has 0 saturated heterocycles. The number of aromatic hydroxyl groups is 2. The van der Waals surface area contributed by atoms with Crippen molar-refractivity contribution in [2.24, 2.45) is 5.10 Å². The van der Waals surface area contributed by atoms with Crippen molar-refractivity contribution in [2.45, 2.75) is 19.9 Å². The lowest BCUT2D eigenvalue weighted by Crippen LogP contribution is -2.26. The van der Waals surface area contributed by atoms with E-state index in [1.165, 1.54) is 12.1 Å². The number of nitrogens with zero attached hydrogens (tertiary/aromatic N) is 2. The van der Waals surface area contributed by atoms with E-state index >= 15 is 0 Å².